The van der Waals surface area contributed by atoms with Crippen LogP contribution in [0.2, 0.25) is 5.15 Å². The monoisotopic (exact) mass is 275 g/mol. The van der Waals surface area contributed by atoms with Crippen LogP contribution in [0.3, 0.4) is 0 Å². The smallest absolute Gasteiger partial charge is 0.155 e. The van der Waals surface area contributed by atoms with Crippen molar-refractivity contribution in [1.29, 1.82) is 0 Å². The zero-order valence-corrected chi connectivity index (χ0v) is 9.62. The van der Waals surface area contributed by atoms with Gasteiger partial charge in [-0.25, -0.2) is 9.50 Å². The average molecular weight is 277 g/mol. The van der Waals surface area contributed by atoms with Crippen LogP contribution in [0.15, 0.2) is 16.7 Å². The fraction of sp³-hybridized carbons (Fsp3) is 0.250. The first kappa shape index (κ1) is 9.89. The van der Waals surface area contributed by atoms with Gasteiger partial charge in [-0.15, -0.1) is 0 Å². The molecule has 0 amide bonds. The van der Waals surface area contributed by atoms with E-state index in [1.165, 1.54) is 0 Å². The molecule has 6 heteroatoms. The van der Waals surface area contributed by atoms with Gasteiger partial charge in [-0.1, -0.05) is 11.6 Å². The number of nitrogens with zero attached hydrogens (tertiary/aromatic N) is 3. The summed E-state index contributed by atoms with van der Waals surface area (Å²) >= 11 is 9.04. The molecule has 2 heterocycles. The maximum atomic E-state index is 9.41. The average Bonchev–Trinajstić information content (AvgIpc) is 2.44. The molecule has 0 saturated heterocycles. The van der Waals surface area contributed by atoms with E-state index < -0.39 is 6.10 Å². The van der Waals surface area contributed by atoms with Gasteiger partial charge in [0.2, 0.25) is 0 Å². The Balaban J connectivity index is 2.74. The van der Waals surface area contributed by atoms with E-state index in [-0.39, 0.29) is 0 Å². The van der Waals surface area contributed by atoms with E-state index in [2.05, 4.69) is 26.0 Å². The second-order valence-corrected chi connectivity index (χ2v) is 4.03. The molecule has 1 unspecified atom stereocenters. The highest BCUT2D eigenvalue weighted by Gasteiger charge is 2.14. The van der Waals surface area contributed by atoms with E-state index in [1.54, 1.807) is 23.6 Å². The normalized spacial score (nSPS) is 13.4. The molecule has 0 aliphatic heterocycles. The lowest BCUT2D eigenvalue weighted by Crippen LogP contribution is -1.93. The minimum atomic E-state index is -0.634. The highest BCUT2D eigenvalue weighted by atomic mass is 79.9. The Labute approximate surface area is 93.7 Å². The molecule has 0 spiro atoms. The summed E-state index contributed by atoms with van der Waals surface area (Å²) in [5.41, 5.74) is 1.21. The van der Waals surface area contributed by atoms with Crippen molar-refractivity contribution in [3.63, 3.8) is 0 Å². The number of halogens is 2. The van der Waals surface area contributed by atoms with Crippen molar-refractivity contribution < 1.29 is 5.11 Å². The Bertz CT molecular complexity index is 483. The molecule has 2 aromatic heterocycles. The van der Waals surface area contributed by atoms with Crippen LogP contribution in [0.4, 0.5) is 0 Å². The summed E-state index contributed by atoms with van der Waals surface area (Å²) in [6.07, 6.45) is -0.634. The fourth-order valence-electron chi connectivity index (χ4n) is 1.17. The zero-order chi connectivity index (χ0) is 10.3. The molecule has 0 radical (unpaired) electrons. The van der Waals surface area contributed by atoms with E-state index in [0.717, 1.165) is 0 Å². The molecule has 0 bridgehead atoms. The lowest BCUT2D eigenvalue weighted by Gasteiger charge is -1.98. The third kappa shape index (κ3) is 1.51. The molecule has 0 aromatic carbocycles. The minimum Gasteiger partial charge on any atom is -0.387 e. The number of imidazole rings is 1. The van der Waals surface area contributed by atoms with Crippen LogP contribution in [-0.4, -0.2) is 19.7 Å². The standard InChI is InChI=1S/C8H7BrClN3O/c1-4(14)7-8(9)13-6(11-7)3-2-5(10)12-13/h2-4,14H,1H3. The van der Waals surface area contributed by atoms with Crippen molar-refractivity contribution in [2.45, 2.75) is 13.0 Å². The first-order chi connectivity index (χ1) is 6.59. The van der Waals surface area contributed by atoms with Crippen molar-refractivity contribution in [3.05, 3.63) is 27.6 Å². The van der Waals surface area contributed by atoms with E-state index in [0.29, 0.717) is 21.1 Å². The largest absolute Gasteiger partial charge is 0.387 e. The number of aliphatic hydroxyl groups is 1. The van der Waals surface area contributed by atoms with E-state index in [4.69, 9.17) is 11.6 Å². The molecule has 1 N–H and O–H groups in total. The SMILES string of the molecule is CC(O)c1nc2ccc(Cl)nn2c1Br. The quantitative estimate of drug-likeness (QED) is 0.869. The number of hydrogen-bond acceptors (Lipinski definition) is 3. The third-order valence-electron chi connectivity index (χ3n) is 1.81. The summed E-state index contributed by atoms with van der Waals surface area (Å²) in [5.74, 6) is 0. The van der Waals surface area contributed by atoms with Crippen LogP contribution >= 0.6 is 27.5 Å². The predicted octanol–water partition coefficient (Wildman–Crippen LogP) is 2.20. The van der Waals surface area contributed by atoms with Gasteiger partial charge in [-0.3, -0.25) is 0 Å². The Morgan fingerprint density at radius 1 is 1.57 bits per heavy atom. The van der Waals surface area contributed by atoms with Crippen molar-refractivity contribution in [1.82, 2.24) is 14.6 Å². The highest BCUT2D eigenvalue weighted by molar-refractivity contribution is 9.10. The number of aliphatic hydroxyl groups excluding tert-OH is 1. The van der Waals surface area contributed by atoms with Gasteiger partial charge >= 0.3 is 0 Å². The second kappa shape index (κ2) is 3.49. The van der Waals surface area contributed by atoms with Crippen LogP contribution in [0, 0.1) is 0 Å². The molecule has 2 rings (SSSR count). The zero-order valence-electron chi connectivity index (χ0n) is 7.28. The van der Waals surface area contributed by atoms with Crippen molar-refractivity contribution in [2.24, 2.45) is 0 Å². The molecule has 1 atom stereocenters. The Morgan fingerprint density at radius 3 is 2.93 bits per heavy atom. The molecule has 0 aliphatic rings. The van der Waals surface area contributed by atoms with Gasteiger partial charge in [-0.2, -0.15) is 5.10 Å². The first-order valence-electron chi connectivity index (χ1n) is 3.98. The van der Waals surface area contributed by atoms with Crippen LogP contribution < -0.4 is 0 Å². The van der Waals surface area contributed by atoms with Crippen molar-refractivity contribution >= 4 is 33.2 Å². The van der Waals surface area contributed by atoms with Gasteiger partial charge in [0.25, 0.3) is 0 Å². The van der Waals surface area contributed by atoms with Gasteiger partial charge in [0.1, 0.15) is 15.5 Å². The summed E-state index contributed by atoms with van der Waals surface area (Å²) in [6.45, 7) is 1.65. The molecule has 0 saturated carbocycles. The van der Waals surface area contributed by atoms with Gasteiger partial charge < -0.3 is 5.11 Å². The molecule has 0 aliphatic carbocycles. The van der Waals surface area contributed by atoms with Gasteiger partial charge in [0.05, 0.1) is 6.10 Å². The molecule has 14 heavy (non-hydrogen) atoms. The second-order valence-electron chi connectivity index (χ2n) is 2.89. The molecule has 74 valence electrons. The van der Waals surface area contributed by atoms with Gasteiger partial charge in [0.15, 0.2) is 5.65 Å². The third-order valence-corrected chi connectivity index (χ3v) is 2.75. The molecular formula is C8H7BrClN3O. The lowest BCUT2D eigenvalue weighted by atomic mass is 10.3. The minimum absolute atomic E-state index is 0.382. The number of rotatable bonds is 1. The molecule has 4 nitrogen and oxygen atoms in total. The first-order valence-corrected chi connectivity index (χ1v) is 5.15. The molecule has 2 aromatic rings. The van der Waals surface area contributed by atoms with Crippen LogP contribution in [0.25, 0.3) is 5.65 Å². The summed E-state index contributed by atoms with van der Waals surface area (Å²) < 4.78 is 2.18. The van der Waals surface area contributed by atoms with E-state index in [1.807, 2.05) is 0 Å². The summed E-state index contributed by atoms with van der Waals surface area (Å²) in [7, 11) is 0. The molecule has 0 fully saturated rings. The van der Waals surface area contributed by atoms with Crippen molar-refractivity contribution in [2.75, 3.05) is 0 Å². The number of fused-ring (bicyclic) bond motifs is 1. The topological polar surface area (TPSA) is 50.4 Å². The van der Waals surface area contributed by atoms with Crippen LogP contribution in [0.5, 0.6) is 0 Å². The fourth-order valence-corrected chi connectivity index (χ4v) is 1.99. The maximum Gasteiger partial charge on any atom is 0.155 e. The summed E-state index contributed by atoms with van der Waals surface area (Å²) in [6, 6.07) is 3.40. The van der Waals surface area contributed by atoms with Crippen LogP contribution in [-0.2, 0) is 0 Å². The molecular weight excluding hydrogens is 269 g/mol. The van der Waals surface area contributed by atoms with Gasteiger partial charge in [0, 0.05) is 0 Å². The van der Waals surface area contributed by atoms with Gasteiger partial charge in [-0.05, 0) is 35.0 Å². The summed E-state index contributed by atoms with van der Waals surface area (Å²) in [4.78, 5) is 4.20. The number of aromatic nitrogens is 3. The summed E-state index contributed by atoms with van der Waals surface area (Å²) in [5, 5.41) is 13.8. The van der Waals surface area contributed by atoms with E-state index >= 15 is 0 Å². The highest BCUT2D eigenvalue weighted by Crippen LogP contribution is 2.23. The Kier molecular flexibility index (Phi) is 2.47. The number of hydrogen-bond donors (Lipinski definition) is 1. The Hall–Kier alpha value is -0.650. The lowest BCUT2D eigenvalue weighted by molar-refractivity contribution is 0.194. The maximum absolute atomic E-state index is 9.41. The van der Waals surface area contributed by atoms with Crippen molar-refractivity contribution in [3.8, 4) is 0 Å². The predicted molar refractivity (Wildman–Crippen MR) is 56.3 cm³/mol. The Morgan fingerprint density at radius 2 is 2.29 bits per heavy atom. The van der Waals surface area contributed by atoms with E-state index in [9.17, 15) is 5.11 Å². The van der Waals surface area contributed by atoms with Crippen LogP contribution in [0.1, 0.15) is 18.7 Å².